The standard InChI is InChI=1S/C14H16N2O3/c15-9-4-3-5-10(8-9)16-13(17)11-6-1-2-7-12(11)14(18)19/h1-5,8,11-12H,6-7,15H2,(H,16,17)(H,18,19)/t11-,12+/m1/s1. The molecule has 0 saturated heterocycles. The number of hydrogen-bond donors (Lipinski definition) is 3. The Kier molecular flexibility index (Phi) is 3.85. The highest BCUT2D eigenvalue weighted by atomic mass is 16.4. The first-order chi connectivity index (χ1) is 9.08. The Morgan fingerprint density at radius 1 is 1.21 bits per heavy atom. The van der Waals surface area contributed by atoms with Gasteiger partial charge in [-0.2, -0.15) is 0 Å². The van der Waals surface area contributed by atoms with Crippen LogP contribution in [0.3, 0.4) is 0 Å². The number of aliphatic carboxylic acids is 1. The van der Waals surface area contributed by atoms with Gasteiger partial charge < -0.3 is 16.2 Å². The SMILES string of the molecule is Nc1cccc(NC(=O)[C@@H]2CC=CC[C@@H]2C(=O)O)c1. The van der Waals surface area contributed by atoms with Crippen molar-refractivity contribution in [3.63, 3.8) is 0 Å². The fraction of sp³-hybridized carbons (Fsp3) is 0.286. The van der Waals surface area contributed by atoms with Crippen molar-refractivity contribution in [1.29, 1.82) is 0 Å². The summed E-state index contributed by atoms with van der Waals surface area (Å²) in [5.41, 5.74) is 6.77. The van der Waals surface area contributed by atoms with Crippen molar-refractivity contribution in [1.82, 2.24) is 0 Å². The third kappa shape index (κ3) is 3.13. The van der Waals surface area contributed by atoms with E-state index in [9.17, 15) is 9.59 Å². The van der Waals surface area contributed by atoms with Gasteiger partial charge in [0.2, 0.25) is 5.91 Å². The lowest BCUT2D eigenvalue weighted by Gasteiger charge is -2.24. The largest absolute Gasteiger partial charge is 0.481 e. The Balaban J connectivity index is 2.10. The monoisotopic (exact) mass is 260 g/mol. The molecule has 5 nitrogen and oxygen atoms in total. The molecule has 0 spiro atoms. The zero-order valence-corrected chi connectivity index (χ0v) is 10.4. The Labute approximate surface area is 111 Å². The summed E-state index contributed by atoms with van der Waals surface area (Å²) >= 11 is 0. The number of nitrogens with one attached hydrogen (secondary N) is 1. The van der Waals surface area contributed by atoms with E-state index >= 15 is 0 Å². The summed E-state index contributed by atoms with van der Waals surface area (Å²) in [5, 5.41) is 11.9. The summed E-state index contributed by atoms with van der Waals surface area (Å²) < 4.78 is 0. The normalized spacial score (nSPS) is 21.9. The first-order valence-electron chi connectivity index (χ1n) is 6.12. The van der Waals surface area contributed by atoms with Crippen LogP contribution < -0.4 is 11.1 Å². The molecule has 4 N–H and O–H groups in total. The number of hydrogen-bond acceptors (Lipinski definition) is 3. The van der Waals surface area contributed by atoms with E-state index in [1.807, 2.05) is 12.2 Å². The van der Waals surface area contributed by atoms with E-state index in [-0.39, 0.29) is 5.91 Å². The fourth-order valence-corrected chi connectivity index (χ4v) is 2.23. The Morgan fingerprint density at radius 2 is 1.89 bits per heavy atom. The minimum absolute atomic E-state index is 0.276. The van der Waals surface area contributed by atoms with E-state index < -0.39 is 17.8 Å². The van der Waals surface area contributed by atoms with E-state index in [1.54, 1.807) is 24.3 Å². The first kappa shape index (κ1) is 13.1. The molecule has 2 atom stereocenters. The van der Waals surface area contributed by atoms with Crippen molar-refractivity contribution in [2.24, 2.45) is 11.8 Å². The van der Waals surface area contributed by atoms with Crippen LogP contribution in [0.25, 0.3) is 0 Å². The second-order valence-corrected chi connectivity index (χ2v) is 4.61. The van der Waals surface area contributed by atoms with Crippen molar-refractivity contribution >= 4 is 23.3 Å². The maximum atomic E-state index is 12.1. The zero-order chi connectivity index (χ0) is 13.8. The molecule has 1 aromatic rings. The summed E-state index contributed by atoms with van der Waals surface area (Å²) in [7, 11) is 0. The van der Waals surface area contributed by atoms with Crippen molar-refractivity contribution in [3.05, 3.63) is 36.4 Å². The lowest BCUT2D eigenvalue weighted by molar-refractivity contribution is -0.146. The highest BCUT2D eigenvalue weighted by Crippen LogP contribution is 2.27. The van der Waals surface area contributed by atoms with E-state index in [4.69, 9.17) is 10.8 Å². The molecule has 100 valence electrons. The average Bonchev–Trinajstić information content (AvgIpc) is 2.38. The van der Waals surface area contributed by atoms with Gasteiger partial charge in [-0.15, -0.1) is 0 Å². The van der Waals surface area contributed by atoms with Gasteiger partial charge in [-0.25, -0.2) is 0 Å². The van der Waals surface area contributed by atoms with Crippen LogP contribution in [0.2, 0.25) is 0 Å². The van der Waals surface area contributed by atoms with Crippen molar-refractivity contribution < 1.29 is 14.7 Å². The van der Waals surface area contributed by atoms with Gasteiger partial charge >= 0.3 is 5.97 Å². The molecule has 0 unspecified atom stereocenters. The number of nitrogens with two attached hydrogens (primary N) is 1. The van der Waals surface area contributed by atoms with Crippen LogP contribution in [0.5, 0.6) is 0 Å². The summed E-state index contributed by atoms with van der Waals surface area (Å²) in [5.74, 6) is -2.41. The van der Waals surface area contributed by atoms with Crippen LogP contribution >= 0.6 is 0 Å². The molecule has 1 amide bonds. The molecule has 0 bridgehead atoms. The summed E-state index contributed by atoms with van der Waals surface area (Å²) in [4.78, 5) is 23.3. The highest BCUT2D eigenvalue weighted by Gasteiger charge is 2.33. The van der Waals surface area contributed by atoms with Crippen LogP contribution in [0, 0.1) is 11.8 Å². The maximum absolute atomic E-state index is 12.1. The van der Waals surface area contributed by atoms with Crippen LogP contribution in [-0.2, 0) is 9.59 Å². The molecule has 0 saturated carbocycles. The van der Waals surface area contributed by atoms with Crippen LogP contribution in [-0.4, -0.2) is 17.0 Å². The van der Waals surface area contributed by atoms with Gasteiger partial charge in [-0.3, -0.25) is 9.59 Å². The molecular weight excluding hydrogens is 244 g/mol. The molecule has 1 aliphatic carbocycles. The lowest BCUT2D eigenvalue weighted by Crippen LogP contribution is -2.34. The molecule has 0 aliphatic heterocycles. The smallest absolute Gasteiger partial charge is 0.307 e. The molecule has 0 aromatic heterocycles. The third-order valence-electron chi connectivity index (χ3n) is 3.24. The number of amides is 1. The minimum Gasteiger partial charge on any atom is -0.481 e. The minimum atomic E-state index is -0.933. The number of nitrogen functional groups attached to an aromatic ring is 1. The molecule has 19 heavy (non-hydrogen) atoms. The second-order valence-electron chi connectivity index (χ2n) is 4.61. The topological polar surface area (TPSA) is 92.4 Å². The number of carboxylic acid groups (broad SMARTS) is 1. The zero-order valence-electron chi connectivity index (χ0n) is 10.4. The lowest BCUT2D eigenvalue weighted by atomic mass is 9.82. The van der Waals surface area contributed by atoms with Crippen LogP contribution in [0.4, 0.5) is 11.4 Å². The molecule has 2 rings (SSSR count). The molecule has 5 heteroatoms. The summed E-state index contributed by atoms with van der Waals surface area (Å²) in [6, 6.07) is 6.83. The maximum Gasteiger partial charge on any atom is 0.307 e. The number of carbonyl (C=O) groups is 2. The Hall–Kier alpha value is -2.30. The summed E-state index contributed by atoms with van der Waals surface area (Å²) in [6.07, 6.45) is 4.50. The number of anilines is 2. The molecule has 0 heterocycles. The van der Waals surface area contributed by atoms with Gasteiger partial charge in [-0.1, -0.05) is 18.2 Å². The van der Waals surface area contributed by atoms with Gasteiger partial charge in [0, 0.05) is 11.4 Å². The van der Waals surface area contributed by atoms with Gasteiger partial charge in [-0.05, 0) is 31.0 Å². The van der Waals surface area contributed by atoms with E-state index in [1.165, 1.54) is 0 Å². The molecule has 0 radical (unpaired) electrons. The number of allylic oxidation sites excluding steroid dienone is 2. The number of carbonyl (C=O) groups excluding carboxylic acids is 1. The fourth-order valence-electron chi connectivity index (χ4n) is 2.23. The first-order valence-corrected chi connectivity index (χ1v) is 6.12. The number of rotatable bonds is 3. The van der Waals surface area contributed by atoms with Gasteiger partial charge in [0.25, 0.3) is 0 Å². The van der Waals surface area contributed by atoms with Crippen molar-refractivity contribution in [3.8, 4) is 0 Å². The van der Waals surface area contributed by atoms with Gasteiger partial charge in [0.15, 0.2) is 0 Å². The number of benzene rings is 1. The van der Waals surface area contributed by atoms with E-state index in [0.717, 1.165) is 0 Å². The molecule has 1 aliphatic rings. The molecular formula is C14H16N2O3. The Bertz CT molecular complexity index is 525. The van der Waals surface area contributed by atoms with E-state index in [2.05, 4.69) is 5.32 Å². The molecule has 1 aromatic carbocycles. The predicted molar refractivity (Wildman–Crippen MR) is 72.5 cm³/mol. The quantitative estimate of drug-likeness (QED) is 0.571. The van der Waals surface area contributed by atoms with Gasteiger partial charge in [0.05, 0.1) is 11.8 Å². The average molecular weight is 260 g/mol. The van der Waals surface area contributed by atoms with Crippen LogP contribution in [0.15, 0.2) is 36.4 Å². The Morgan fingerprint density at radius 3 is 2.53 bits per heavy atom. The highest BCUT2D eigenvalue weighted by molar-refractivity contribution is 5.95. The van der Waals surface area contributed by atoms with E-state index in [0.29, 0.717) is 24.2 Å². The van der Waals surface area contributed by atoms with Crippen molar-refractivity contribution in [2.45, 2.75) is 12.8 Å². The van der Waals surface area contributed by atoms with Gasteiger partial charge in [0.1, 0.15) is 0 Å². The summed E-state index contributed by atoms with van der Waals surface area (Å²) in [6.45, 7) is 0. The predicted octanol–water partition coefficient (Wildman–Crippen LogP) is 1.87. The third-order valence-corrected chi connectivity index (χ3v) is 3.24. The second kappa shape index (κ2) is 5.56. The van der Waals surface area contributed by atoms with Crippen molar-refractivity contribution in [2.75, 3.05) is 11.1 Å². The van der Waals surface area contributed by atoms with Crippen LogP contribution in [0.1, 0.15) is 12.8 Å². The molecule has 0 fully saturated rings. The number of carboxylic acids is 1.